The van der Waals surface area contributed by atoms with E-state index < -0.39 is 18.1 Å². The molecule has 0 saturated carbocycles. The molecule has 3 heterocycles. The third-order valence-corrected chi connectivity index (χ3v) is 4.84. The summed E-state index contributed by atoms with van der Waals surface area (Å²) in [5, 5.41) is 20.4. The first-order valence-electron chi connectivity index (χ1n) is 8.74. The third-order valence-electron chi connectivity index (χ3n) is 4.84. The predicted octanol–water partition coefficient (Wildman–Crippen LogP) is 0.530. The minimum Gasteiger partial charge on any atom is -0.394 e. The van der Waals surface area contributed by atoms with Crippen molar-refractivity contribution in [1.82, 2.24) is 20.3 Å². The normalized spacial score (nSPS) is 29.6. The summed E-state index contributed by atoms with van der Waals surface area (Å²) in [6.45, 7) is 3.63. The second-order valence-electron chi connectivity index (χ2n) is 6.69. The van der Waals surface area contributed by atoms with Crippen LogP contribution >= 0.6 is 0 Å². The van der Waals surface area contributed by atoms with Crippen LogP contribution in [0, 0.1) is 5.92 Å². The van der Waals surface area contributed by atoms with Gasteiger partial charge < -0.3 is 9.84 Å². The van der Waals surface area contributed by atoms with Gasteiger partial charge in [0, 0.05) is 11.8 Å². The molecule has 0 radical (unpaired) electrons. The molecule has 0 bridgehead atoms. The Balaban J connectivity index is 1.75. The molecule has 2 aliphatic rings. The minimum absolute atomic E-state index is 0.165. The van der Waals surface area contributed by atoms with Crippen LogP contribution in [0.5, 0.6) is 0 Å². The molecule has 8 heteroatoms. The first kappa shape index (κ1) is 17.8. The molecule has 0 aliphatic carbocycles. The van der Waals surface area contributed by atoms with E-state index in [4.69, 9.17) is 4.74 Å². The van der Waals surface area contributed by atoms with Gasteiger partial charge in [0.1, 0.15) is 6.10 Å². The first-order valence-corrected chi connectivity index (χ1v) is 8.74. The van der Waals surface area contributed by atoms with Crippen molar-refractivity contribution in [2.75, 3.05) is 6.61 Å². The second-order valence-corrected chi connectivity index (χ2v) is 6.69. The van der Waals surface area contributed by atoms with Crippen molar-refractivity contribution >= 4 is 11.8 Å². The lowest BCUT2D eigenvalue weighted by Crippen LogP contribution is -2.44. The van der Waals surface area contributed by atoms with Crippen LogP contribution < -0.4 is 5.32 Å². The van der Waals surface area contributed by atoms with Crippen LogP contribution in [-0.2, 0) is 20.7 Å². The van der Waals surface area contributed by atoms with Crippen molar-refractivity contribution in [1.29, 1.82) is 0 Å². The molecule has 25 heavy (non-hydrogen) atoms. The number of aliphatic hydroxyl groups excluding tert-OH is 1. The van der Waals surface area contributed by atoms with Gasteiger partial charge in [-0.25, -0.2) is 4.68 Å². The maximum Gasteiger partial charge on any atom is 0.253 e. The molecule has 1 aromatic heterocycles. The molecule has 3 rings (SSSR count). The summed E-state index contributed by atoms with van der Waals surface area (Å²) in [6, 6.07) is -0.183. The summed E-state index contributed by atoms with van der Waals surface area (Å²) in [4.78, 5) is 23.7. The number of hydrogen-bond donors (Lipinski definition) is 2. The van der Waals surface area contributed by atoms with Crippen LogP contribution in [-0.4, -0.2) is 50.7 Å². The summed E-state index contributed by atoms with van der Waals surface area (Å²) < 4.78 is 7.64. The second kappa shape index (κ2) is 7.45. The fraction of sp³-hybridized carbons (Fsp3) is 0.647. The number of carbonyl (C=O) groups is 2. The molecule has 136 valence electrons. The van der Waals surface area contributed by atoms with Gasteiger partial charge in [0.05, 0.1) is 30.4 Å². The van der Waals surface area contributed by atoms with Gasteiger partial charge in [-0.3, -0.25) is 14.9 Å². The summed E-state index contributed by atoms with van der Waals surface area (Å²) in [6.07, 6.45) is 6.20. The maximum absolute atomic E-state index is 12.1. The largest absolute Gasteiger partial charge is 0.394 e. The Labute approximate surface area is 146 Å². The Morgan fingerprint density at radius 3 is 2.96 bits per heavy atom. The van der Waals surface area contributed by atoms with Crippen molar-refractivity contribution in [2.45, 2.75) is 57.8 Å². The smallest absolute Gasteiger partial charge is 0.253 e. The highest BCUT2D eigenvalue weighted by Gasteiger charge is 2.43. The van der Waals surface area contributed by atoms with Gasteiger partial charge in [-0.05, 0) is 26.2 Å². The van der Waals surface area contributed by atoms with Crippen molar-refractivity contribution in [3.8, 4) is 0 Å². The van der Waals surface area contributed by atoms with Crippen LogP contribution in [0.1, 0.15) is 44.8 Å². The highest BCUT2D eigenvalue weighted by molar-refractivity contribution is 6.08. The molecule has 4 atom stereocenters. The van der Waals surface area contributed by atoms with Gasteiger partial charge in [-0.15, -0.1) is 5.10 Å². The molecular weight excluding hydrogens is 324 g/mol. The zero-order chi connectivity index (χ0) is 18.0. The number of ether oxygens (including phenoxy) is 1. The number of unbranched alkanes of at least 4 members (excludes halogenated alkanes) is 1. The minimum atomic E-state index is -0.542. The van der Waals surface area contributed by atoms with Gasteiger partial charge in [-0.2, -0.15) is 0 Å². The molecule has 1 aromatic rings. The van der Waals surface area contributed by atoms with E-state index in [1.165, 1.54) is 0 Å². The molecule has 1 fully saturated rings. The number of imide groups is 1. The average molecular weight is 348 g/mol. The fourth-order valence-corrected chi connectivity index (χ4v) is 3.37. The quantitative estimate of drug-likeness (QED) is 0.727. The summed E-state index contributed by atoms with van der Waals surface area (Å²) >= 11 is 0. The molecule has 8 nitrogen and oxygen atoms in total. The summed E-state index contributed by atoms with van der Waals surface area (Å²) in [5.41, 5.74) is 1.42. The van der Waals surface area contributed by atoms with Gasteiger partial charge in [0.2, 0.25) is 5.91 Å². The Bertz CT molecular complexity index is 684. The zero-order valence-electron chi connectivity index (χ0n) is 14.5. The summed E-state index contributed by atoms with van der Waals surface area (Å²) in [5.74, 6) is -1.27. The summed E-state index contributed by atoms with van der Waals surface area (Å²) in [7, 11) is 0. The molecule has 0 aromatic carbocycles. The number of carbonyl (C=O) groups excluding carboxylic acids is 2. The van der Waals surface area contributed by atoms with E-state index in [1.807, 2.05) is 6.20 Å². The van der Waals surface area contributed by atoms with Gasteiger partial charge in [0.15, 0.2) is 0 Å². The monoisotopic (exact) mass is 348 g/mol. The molecule has 0 spiro atoms. The third kappa shape index (κ3) is 3.64. The van der Waals surface area contributed by atoms with E-state index in [0.29, 0.717) is 12.0 Å². The lowest BCUT2D eigenvalue weighted by molar-refractivity contribution is -0.134. The van der Waals surface area contributed by atoms with Gasteiger partial charge in [-0.1, -0.05) is 24.6 Å². The van der Waals surface area contributed by atoms with Gasteiger partial charge >= 0.3 is 0 Å². The van der Waals surface area contributed by atoms with Crippen LogP contribution in [0.4, 0.5) is 0 Å². The van der Waals surface area contributed by atoms with Gasteiger partial charge in [0.25, 0.3) is 5.91 Å². The van der Waals surface area contributed by atoms with Crippen molar-refractivity contribution in [3.05, 3.63) is 23.5 Å². The van der Waals surface area contributed by atoms with E-state index in [9.17, 15) is 14.7 Å². The average Bonchev–Trinajstić information content (AvgIpc) is 3.22. The van der Waals surface area contributed by atoms with E-state index in [2.05, 4.69) is 22.6 Å². The fourth-order valence-electron chi connectivity index (χ4n) is 3.37. The zero-order valence-corrected chi connectivity index (χ0v) is 14.5. The highest BCUT2D eigenvalue weighted by atomic mass is 16.5. The predicted molar refractivity (Wildman–Crippen MR) is 88.4 cm³/mol. The van der Waals surface area contributed by atoms with E-state index in [-0.39, 0.29) is 24.5 Å². The molecule has 1 saturated heterocycles. The Hall–Kier alpha value is -2.06. The Morgan fingerprint density at radius 2 is 2.24 bits per heavy atom. The molecular formula is C17H24N4O4. The molecule has 2 amide bonds. The number of amides is 2. The standard InChI is InChI=1S/C17H24N4O4/c1-3-4-5-11-8-21(20-19-11)13-7-14(25-15(13)9-22)12-6-10(2)16(23)18-17(12)24/h6,8,12-15,22H,3-5,7,9H2,1-2H3,(H,18,23,24)/t12?,13-,14+,15+/m0/s1. The lowest BCUT2D eigenvalue weighted by atomic mass is 9.92. The van der Waals surface area contributed by atoms with E-state index >= 15 is 0 Å². The highest BCUT2D eigenvalue weighted by Crippen LogP contribution is 2.35. The molecule has 1 unspecified atom stereocenters. The number of hydrogen-bond acceptors (Lipinski definition) is 6. The van der Waals surface area contributed by atoms with Crippen molar-refractivity contribution < 1.29 is 19.4 Å². The van der Waals surface area contributed by atoms with Crippen LogP contribution in [0.3, 0.4) is 0 Å². The lowest BCUT2D eigenvalue weighted by Gasteiger charge is -2.23. The Morgan fingerprint density at radius 1 is 1.44 bits per heavy atom. The van der Waals surface area contributed by atoms with E-state index in [0.717, 1.165) is 25.0 Å². The topological polar surface area (TPSA) is 106 Å². The van der Waals surface area contributed by atoms with Crippen LogP contribution in [0.2, 0.25) is 0 Å². The first-order chi connectivity index (χ1) is 12.0. The van der Waals surface area contributed by atoms with Crippen LogP contribution in [0.25, 0.3) is 0 Å². The Kier molecular flexibility index (Phi) is 5.29. The van der Waals surface area contributed by atoms with Crippen molar-refractivity contribution in [3.63, 3.8) is 0 Å². The number of nitrogens with zero attached hydrogens (tertiary/aromatic N) is 3. The number of rotatable bonds is 6. The van der Waals surface area contributed by atoms with E-state index in [1.54, 1.807) is 17.7 Å². The molecule has 2 N–H and O–H groups in total. The maximum atomic E-state index is 12.1. The number of aromatic nitrogens is 3. The molecule has 2 aliphatic heterocycles. The SMILES string of the molecule is CCCCc1cn([C@H]2C[C@H](C3C=C(C)C(=O)NC3=O)O[C@@H]2CO)nn1. The number of aliphatic hydroxyl groups is 1. The van der Waals surface area contributed by atoms with Crippen molar-refractivity contribution in [2.24, 2.45) is 5.92 Å². The van der Waals surface area contributed by atoms with Crippen LogP contribution in [0.15, 0.2) is 17.8 Å². The number of aryl methyl sites for hydroxylation is 1. The number of nitrogens with one attached hydrogen (secondary N) is 1.